The summed E-state index contributed by atoms with van der Waals surface area (Å²) < 4.78 is 0. The summed E-state index contributed by atoms with van der Waals surface area (Å²) in [6.45, 7) is 0. The summed E-state index contributed by atoms with van der Waals surface area (Å²) in [6.07, 6.45) is 10.2. The molecule has 0 fully saturated rings. The van der Waals surface area contributed by atoms with Gasteiger partial charge in [0.1, 0.15) is 5.82 Å². The lowest BCUT2D eigenvalue weighted by Crippen LogP contribution is -2.07. The largest absolute Gasteiger partial charge is 0.361 e. The van der Waals surface area contributed by atoms with Crippen LogP contribution >= 0.6 is 0 Å². The molecule has 0 amide bonds. The van der Waals surface area contributed by atoms with Gasteiger partial charge in [0.15, 0.2) is 0 Å². The summed E-state index contributed by atoms with van der Waals surface area (Å²) in [7, 11) is 0. The van der Waals surface area contributed by atoms with E-state index in [1.54, 1.807) is 0 Å². The zero-order valence-corrected chi connectivity index (χ0v) is 19.4. The molecule has 6 aromatic rings. The van der Waals surface area contributed by atoms with E-state index >= 15 is 0 Å². The monoisotopic (exact) mass is 462 g/mol. The van der Waals surface area contributed by atoms with Gasteiger partial charge in [-0.3, -0.25) is 0 Å². The number of aromatic nitrogens is 3. The topological polar surface area (TPSA) is 53.6 Å². The zero-order chi connectivity index (χ0) is 23.9. The summed E-state index contributed by atoms with van der Waals surface area (Å²) in [5.74, 6) is 0.844. The Balaban J connectivity index is 1.54. The van der Waals surface area contributed by atoms with Gasteiger partial charge in [0.25, 0.3) is 0 Å². The molecule has 36 heavy (non-hydrogen) atoms. The van der Waals surface area contributed by atoms with Crippen LogP contribution in [0.1, 0.15) is 5.56 Å². The molecule has 1 aliphatic rings. The highest BCUT2D eigenvalue weighted by Crippen LogP contribution is 2.39. The number of rotatable bonds is 3. The normalized spacial score (nSPS) is 13.2. The second-order valence-corrected chi connectivity index (χ2v) is 8.85. The number of para-hydroxylation sites is 3. The van der Waals surface area contributed by atoms with Crippen LogP contribution in [0.2, 0.25) is 0 Å². The van der Waals surface area contributed by atoms with E-state index in [4.69, 9.17) is 9.97 Å². The third kappa shape index (κ3) is 3.39. The Morgan fingerprint density at radius 2 is 1.36 bits per heavy atom. The standard InChI is InChI=1S/C32H22N4/c1-2-17-30(33-19-7-1)31-23(12-8-13-24(31)32-35-28-15-5-6-16-29(28)36-32)22-11-9-18-27-25(22)20-21-10-3-4-14-26(21)34-27/h1-20,33H,(H,35,36). The number of hydrogen-bond acceptors (Lipinski definition) is 3. The summed E-state index contributed by atoms with van der Waals surface area (Å²) in [5.41, 5.74) is 9.36. The van der Waals surface area contributed by atoms with Gasteiger partial charge >= 0.3 is 0 Å². The van der Waals surface area contributed by atoms with Crippen molar-refractivity contribution in [2.45, 2.75) is 0 Å². The van der Waals surface area contributed by atoms with Gasteiger partial charge in [-0.25, -0.2) is 9.97 Å². The van der Waals surface area contributed by atoms with Crippen molar-refractivity contribution in [3.63, 3.8) is 0 Å². The number of nitrogens with zero attached hydrogens (tertiary/aromatic N) is 2. The Bertz CT molecular complexity index is 1840. The first-order chi connectivity index (χ1) is 17.8. The van der Waals surface area contributed by atoms with E-state index in [1.807, 2.05) is 42.6 Å². The molecular weight excluding hydrogens is 440 g/mol. The average molecular weight is 463 g/mol. The Kier molecular flexibility index (Phi) is 4.74. The fourth-order valence-corrected chi connectivity index (χ4v) is 4.99. The SMILES string of the molecule is C1=CC=C(c2c(-c3nc4ccccc4[nH]3)cccc2-c2cccc3nc4ccccc4cc23)NC=C1. The Morgan fingerprint density at radius 3 is 2.31 bits per heavy atom. The number of pyridine rings is 1. The molecule has 0 spiro atoms. The van der Waals surface area contributed by atoms with Crippen LogP contribution in [0.25, 0.3) is 61.1 Å². The highest BCUT2D eigenvalue weighted by atomic mass is 14.9. The number of imidazole rings is 1. The van der Waals surface area contributed by atoms with E-state index in [0.717, 1.165) is 66.6 Å². The minimum absolute atomic E-state index is 0.844. The van der Waals surface area contributed by atoms with Crippen molar-refractivity contribution in [3.8, 4) is 22.5 Å². The summed E-state index contributed by atoms with van der Waals surface area (Å²) in [6, 6.07) is 31.5. The van der Waals surface area contributed by atoms with Crippen molar-refractivity contribution in [1.29, 1.82) is 0 Å². The average Bonchev–Trinajstić information content (AvgIpc) is 3.18. The molecule has 0 saturated heterocycles. The molecule has 0 radical (unpaired) electrons. The Hall–Kier alpha value is -4.96. The van der Waals surface area contributed by atoms with Crippen LogP contribution < -0.4 is 5.32 Å². The van der Waals surface area contributed by atoms with Crippen molar-refractivity contribution in [2.75, 3.05) is 0 Å². The molecule has 2 N–H and O–H groups in total. The van der Waals surface area contributed by atoms with Gasteiger partial charge in [-0.05, 0) is 53.6 Å². The van der Waals surface area contributed by atoms with Gasteiger partial charge in [-0.15, -0.1) is 0 Å². The van der Waals surface area contributed by atoms with Gasteiger partial charge in [-0.1, -0.05) is 72.8 Å². The molecule has 1 aliphatic heterocycles. The number of allylic oxidation sites excluding steroid dienone is 4. The maximum absolute atomic E-state index is 4.96. The molecule has 0 atom stereocenters. The number of aromatic amines is 1. The molecule has 4 aromatic carbocycles. The third-order valence-electron chi connectivity index (χ3n) is 6.65. The summed E-state index contributed by atoms with van der Waals surface area (Å²) in [4.78, 5) is 13.4. The van der Waals surface area contributed by atoms with E-state index < -0.39 is 0 Å². The maximum Gasteiger partial charge on any atom is 0.139 e. The van der Waals surface area contributed by atoms with Crippen LogP contribution in [0.4, 0.5) is 0 Å². The van der Waals surface area contributed by atoms with Gasteiger partial charge in [0.2, 0.25) is 0 Å². The first kappa shape index (κ1) is 20.4. The Labute approximate surface area is 208 Å². The molecule has 3 heterocycles. The fourth-order valence-electron chi connectivity index (χ4n) is 4.99. The summed E-state index contributed by atoms with van der Waals surface area (Å²) in [5, 5.41) is 5.74. The number of fused-ring (bicyclic) bond motifs is 3. The van der Waals surface area contributed by atoms with E-state index in [1.165, 1.54) is 0 Å². The van der Waals surface area contributed by atoms with Crippen LogP contribution in [-0.2, 0) is 0 Å². The smallest absolute Gasteiger partial charge is 0.139 e. The number of hydrogen-bond donors (Lipinski definition) is 2. The molecule has 170 valence electrons. The van der Waals surface area contributed by atoms with Crippen LogP contribution in [0.3, 0.4) is 0 Å². The Morgan fingerprint density at radius 1 is 0.583 bits per heavy atom. The van der Waals surface area contributed by atoms with Gasteiger partial charge in [0, 0.05) is 33.8 Å². The highest BCUT2D eigenvalue weighted by Gasteiger charge is 2.19. The quantitative estimate of drug-likeness (QED) is 0.266. The fraction of sp³-hybridized carbons (Fsp3) is 0. The second kappa shape index (κ2) is 8.36. The maximum atomic E-state index is 4.96. The lowest BCUT2D eigenvalue weighted by atomic mass is 9.90. The molecule has 4 heteroatoms. The van der Waals surface area contributed by atoms with Crippen LogP contribution in [0.5, 0.6) is 0 Å². The first-order valence-electron chi connectivity index (χ1n) is 12.0. The molecule has 4 nitrogen and oxygen atoms in total. The number of nitrogens with one attached hydrogen (secondary N) is 2. The molecular formula is C32H22N4. The van der Waals surface area contributed by atoms with E-state index in [9.17, 15) is 0 Å². The minimum atomic E-state index is 0.844. The molecule has 2 aromatic heterocycles. The number of benzene rings is 4. The van der Waals surface area contributed by atoms with E-state index in [2.05, 4.69) is 89.2 Å². The van der Waals surface area contributed by atoms with Crippen molar-refractivity contribution < 1.29 is 0 Å². The highest BCUT2D eigenvalue weighted by molar-refractivity contribution is 6.04. The van der Waals surface area contributed by atoms with E-state index in [-0.39, 0.29) is 0 Å². The van der Waals surface area contributed by atoms with Gasteiger partial charge in [-0.2, -0.15) is 0 Å². The molecule has 0 bridgehead atoms. The van der Waals surface area contributed by atoms with Gasteiger partial charge < -0.3 is 10.3 Å². The van der Waals surface area contributed by atoms with Crippen molar-refractivity contribution in [3.05, 3.63) is 127 Å². The predicted octanol–water partition coefficient (Wildman–Crippen LogP) is 7.61. The van der Waals surface area contributed by atoms with Crippen molar-refractivity contribution in [1.82, 2.24) is 20.3 Å². The molecule has 7 rings (SSSR count). The second-order valence-electron chi connectivity index (χ2n) is 8.85. The summed E-state index contributed by atoms with van der Waals surface area (Å²) >= 11 is 0. The van der Waals surface area contributed by atoms with E-state index in [0.29, 0.717) is 0 Å². The molecule has 0 unspecified atom stereocenters. The molecule has 0 aliphatic carbocycles. The van der Waals surface area contributed by atoms with Gasteiger partial charge in [0.05, 0.1) is 22.1 Å². The van der Waals surface area contributed by atoms with Crippen LogP contribution in [0.15, 0.2) is 121 Å². The first-order valence-corrected chi connectivity index (χ1v) is 12.0. The van der Waals surface area contributed by atoms with Crippen LogP contribution in [0, 0.1) is 0 Å². The minimum Gasteiger partial charge on any atom is -0.361 e. The third-order valence-corrected chi connectivity index (χ3v) is 6.65. The predicted molar refractivity (Wildman–Crippen MR) is 149 cm³/mol. The van der Waals surface area contributed by atoms with Crippen LogP contribution in [-0.4, -0.2) is 15.0 Å². The van der Waals surface area contributed by atoms with Crippen molar-refractivity contribution >= 4 is 38.5 Å². The lowest BCUT2D eigenvalue weighted by molar-refractivity contribution is 1.21. The van der Waals surface area contributed by atoms with Crippen molar-refractivity contribution in [2.24, 2.45) is 0 Å². The zero-order valence-electron chi connectivity index (χ0n) is 19.4. The number of H-pyrrole nitrogens is 1. The lowest BCUT2D eigenvalue weighted by Gasteiger charge is -2.18. The molecule has 0 saturated carbocycles.